The van der Waals surface area contributed by atoms with E-state index in [2.05, 4.69) is 5.32 Å². The van der Waals surface area contributed by atoms with Crippen molar-refractivity contribution < 1.29 is 14.5 Å². The van der Waals surface area contributed by atoms with Crippen LogP contribution in [0.4, 0.5) is 5.69 Å². The van der Waals surface area contributed by atoms with E-state index in [1.165, 1.54) is 23.9 Å². The molecule has 3 aromatic carbocycles. The average molecular weight is 601 g/mol. The van der Waals surface area contributed by atoms with Crippen LogP contribution >= 0.6 is 35.0 Å². The van der Waals surface area contributed by atoms with Crippen molar-refractivity contribution in [2.24, 2.45) is 0 Å². The van der Waals surface area contributed by atoms with Crippen molar-refractivity contribution in [1.29, 1.82) is 0 Å². The van der Waals surface area contributed by atoms with Crippen LogP contribution in [0, 0.1) is 10.1 Å². The molecule has 0 spiro atoms. The number of amides is 2. The summed E-state index contributed by atoms with van der Waals surface area (Å²) in [5.74, 6) is 0.260. The van der Waals surface area contributed by atoms with Crippen LogP contribution in [-0.4, -0.2) is 39.5 Å². The van der Waals surface area contributed by atoms with Crippen LogP contribution in [-0.2, 0) is 28.3 Å². The maximum absolute atomic E-state index is 13.8. The van der Waals surface area contributed by atoms with Crippen molar-refractivity contribution in [3.8, 4) is 0 Å². The molecule has 1 saturated carbocycles. The Hall–Kier alpha value is -3.07. The van der Waals surface area contributed by atoms with Crippen LogP contribution in [0.5, 0.6) is 0 Å². The molecule has 4 rings (SSSR count). The molecule has 210 valence electrons. The number of carbonyl (C=O) groups excluding carboxylic acids is 2. The Morgan fingerprint density at radius 1 is 1.00 bits per heavy atom. The fraction of sp³-hybridized carbons (Fsp3) is 0.333. The summed E-state index contributed by atoms with van der Waals surface area (Å²) < 4.78 is 0. The molecule has 0 saturated heterocycles. The van der Waals surface area contributed by atoms with Gasteiger partial charge in [-0.2, -0.15) is 0 Å². The van der Waals surface area contributed by atoms with Gasteiger partial charge in [-0.25, -0.2) is 0 Å². The van der Waals surface area contributed by atoms with Crippen LogP contribution in [0.25, 0.3) is 0 Å². The minimum Gasteiger partial charge on any atom is -0.352 e. The second-order valence-corrected chi connectivity index (χ2v) is 11.7. The normalized spacial score (nSPS) is 14.1. The Morgan fingerprint density at radius 3 is 2.35 bits per heavy atom. The number of thioether (sulfide) groups is 1. The van der Waals surface area contributed by atoms with Gasteiger partial charge in [-0.3, -0.25) is 19.7 Å². The smallest absolute Gasteiger partial charge is 0.269 e. The lowest BCUT2D eigenvalue weighted by molar-refractivity contribution is -0.384. The molecule has 2 amide bonds. The van der Waals surface area contributed by atoms with Gasteiger partial charge in [0.2, 0.25) is 11.8 Å². The van der Waals surface area contributed by atoms with Gasteiger partial charge < -0.3 is 10.2 Å². The summed E-state index contributed by atoms with van der Waals surface area (Å²) in [7, 11) is 0. The molecule has 0 radical (unpaired) electrons. The maximum Gasteiger partial charge on any atom is 0.269 e. The number of halogens is 2. The second-order valence-electron chi connectivity index (χ2n) is 9.87. The zero-order valence-corrected chi connectivity index (χ0v) is 24.3. The first-order valence-electron chi connectivity index (χ1n) is 13.2. The third-order valence-corrected chi connectivity index (χ3v) is 8.55. The summed E-state index contributed by atoms with van der Waals surface area (Å²) in [5, 5.41) is 15.1. The fourth-order valence-corrected chi connectivity index (χ4v) is 6.15. The van der Waals surface area contributed by atoms with E-state index in [1.807, 2.05) is 30.3 Å². The Labute approximate surface area is 248 Å². The van der Waals surface area contributed by atoms with E-state index in [0.29, 0.717) is 27.8 Å². The number of hydrogen-bond donors (Lipinski definition) is 1. The molecule has 0 aromatic heterocycles. The lowest BCUT2D eigenvalue weighted by Crippen LogP contribution is -2.52. The monoisotopic (exact) mass is 599 g/mol. The number of nitro groups is 1. The van der Waals surface area contributed by atoms with E-state index in [0.717, 1.165) is 36.8 Å². The van der Waals surface area contributed by atoms with Gasteiger partial charge in [0.25, 0.3) is 5.69 Å². The zero-order chi connectivity index (χ0) is 28.5. The Balaban J connectivity index is 1.56. The van der Waals surface area contributed by atoms with Crippen molar-refractivity contribution in [3.63, 3.8) is 0 Å². The molecule has 1 N–H and O–H groups in total. The topological polar surface area (TPSA) is 92.6 Å². The van der Waals surface area contributed by atoms with E-state index in [4.69, 9.17) is 23.2 Å². The predicted molar refractivity (Wildman–Crippen MR) is 161 cm³/mol. The average Bonchev–Trinajstić information content (AvgIpc) is 3.45. The maximum atomic E-state index is 13.8. The fourth-order valence-electron chi connectivity index (χ4n) is 4.81. The molecule has 0 heterocycles. The highest BCUT2D eigenvalue weighted by molar-refractivity contribution is 7.99. The molecule has 1 fully saturated rings. The van der Waals surface area contributed by atoms with Gasteiger partial charge in [-0.05, 0) is 41.7 Å². The lowest BCUT2D eigenvalue weighted by atomic mass is 10.0. The van der Waals surface area contributed by atoms with Crippen molar-refractivity contribution in [3.05, 3.63) is 110 Å². The third-order valence-electron chi connectivity index (χ3n) is 6.97. The van der Waals surface area contributed by atoms with E-state index in [9.17, 15) is 19.7 Å². The third kappa shape index (κ3) is 8.46. The summed E-state index contributed by atoms with van der Waals surface area (Å²) in [5.41, 5.74) is 2.54. The summed E-state index contributed by atoms with van der Waals surface area (Å²) in [4.78, 5) is 39.7. The highest BCUT2D eigenvalue weighted by atomic mass is 35.5. The molecule has 0 aliphatic heterocycles. The van der Waals surface area contributed by atoms with E-state index in [1.54, 1.807) is 35.2 Å². The van der Waals surface area contributed by atoms with Crippen molar-refractivity contribution in [1.82, 2.24) is 10.2 Å². The second kappa shape index (κ2) is 14.5. The number of non-ortho nitro benzene ring substituents is 1. The van der Waals surface area contributed by atoms with Gasteiger partial charge in [-0.1, -0.05) is 84.6 Å². The van der Waals surface area contributed by atoms with Crippen LogP contribution in [0.3, 0.4) is 0 Å². The SMILES string of the molecule is O=C(NC1CCCC1)[C@H](Cc1ccccc1)N(Cc1ccc(Cl)cc1Cl)C(=O)CSCc1ccc([N+](=O)[O-])cc1. The molecule has 1 atom stereocenters. The first-order valence-corrected chi connectivity index (χ1v) is 15.1. The number of nitrogens with zero attached hydrogens (tertiary/aromatic N) is 2. The molecule has 1 aliphatic carbocycles. The van der Waals surface area contributed by atoms with Gasteiger partial charge in [0.1, 0.15) is 6.04 Å². The largest absolute Gasteiger partial charge is 0.352 e. The Kier molecular flexibility index (Phi) is 10.9. The number of nitro benzene ring substituents is 1. The van der Waals surface area contributed by atoms with Gasteiger partial charge in [0, 0.05) is 46.9 Å². The predicted octanol–water partition coefficient (Wildman–Crippen LogP) is 6.83. The summed E-state index contributed by atoms with van der Waals surface area (Å²) in [6.07, 6.45) is 4.40. The molecule has 0 unspecified atom stereocenters. The molecule has 40 heavy (non-hydrogen) atoms. The standard InChI is InChI=1S/C30H31Cl2N3O4S/c31-24-13-12-23(27(32)17-24)18-34(29(36)20-40-19-22-10-14-26(15-11-22)35(38)39)28(16-21-6-2-1-3-7-21)30(37)33-25-8-4-5-9-25/h1-3,6-7,10-15,17,25,28H,4-5,8-9,16,18-20H2,(H,33,37)/t28-/m0/s1. The highest BCUT2D eigenvalue weighted by Crippen LogP contribution is 2.26. The minimum absolute atomic E-state index is 0.0212. The zero-order valence-electron chi connectivity index (χ0n) is 21.9. The molecular formula is C30H31Cl2N3O4S. The molecule has 0 bridgehead atoms. The van der Waals surface area contributed by atoms with Crippen molar-refractivity contribution in [2.75, 3.05) is 5.75 Å². The Morgan fingerprint density at radius 2 is 1.70 bits per heavy atom. The highest BCUT2D eigenvalue weighted by Gasteiger charge is 2.32. The lowest BCUT2D eigenvalue weighted by Gasteiger charge is -2.32. The summed E-state index contributed by atoms with van der Waals surface area (Å²) >= 11 is 14.0. The number of benzene rings is 3. The van der Waals surface area contributed by atoms with Gasteiger partial charge >= 0.3 is 0 Å². The summed E-state index contributed by atoms with van der Waals surface area (Å²) in [6, 6.07) is 20.5. The minimum atomic E-state index is -0.734. The van der Waals surface area contributed by atoms with Crippen LogP contribution < -0.4 is 5.32 Å². The van der Waals surface area contributed by atoms with Gasteiger partial charge in [-0.15, -0.1) is 11.8 Å². The van der Waals surface area contributed by atoms with E-state index < -0.39 is 11.0 Å². The van der Waals surface area contributed by atoms with Crippen molar-refractivity contribution in [2.45, 2.75) is 56.5 Å². The Bertz CT molecular complexity index is 1320. The van der Waals surface area contributed by atoms with Crippen LogP contribution in [0.2, 0.25) is 10.0 Å². The molecular weight excluding hydrogens is 569 g/mol. The first-order chi connectivity index (χ1) is 19.3. The van der Waals surface area contributed by atoms with Crippen LogP contribution in [0.15, 0.2) is 72.8 Å². The number of carbonyl (C=O) groups is 2. The summed E-state index contributed by atoms with van der Waals surface area (Å²) in [6.45, 7) is 0.155. The van der Waals surface area contributed by atoms with Crippen LogP contribution in [0.1, 0.15) is 42.4 Å². The molecule has 7 nitrogen and oxygen atoms in total. The van der Waals surface area contributed by atoms with Gasteiger partial charge in [0.05, 0.1) is 10.7 Å². The van der Waals surface area contributed by atoms with Gasteiger partial charge in [0.15, 0.2) is 0 Å². The molecule has 1 aliphatic rings. The van der Waals surface area contributed by atoms with E-state index in [-0.39, 0.29) is 35.8 Å². The quantitative estimate of drug-likeness (QED) is 0.182. The number of hydrogen-bond acceptors (Lipinski definition) is 5. The number of nitrogens with one attached hydrogen (secondary N) is 1. The molecule has 10 heteroatoms. The van der Waals surface area contributed by atoms with Crippen molar-refractivity contribution >= 4 is 52.5 Å². The molecule has 3 aromatic rings. The van der Waals surface area contributed by atoms with E-state index >= 15 is 0 Å². The first kappa shape index (κ1) is 29.9. The number of rotatable bonds is 12.